The van der Waals surface area contributed by atoms with Gasteiger partial charge in [-0.2, -0.15) is 0 Å². The zero-order valence-electron chi connectivity index (χ0n) is 14.8. The minimum Gasteiger partial charge on any atom is -0.461 e. The van der Waals surface area contributed by atoms with Gasteiger partial charge in [0.25, 0.3) is 0 Å². The minimum atomic E-state index is -0.452. The lowest BCUT2D eigenvalue weighted by Gasteiger charge is -2.28. The Hall–Kier alpha value is -1.62. The van der Waals surface area contributed by atoms with Crippen LogP contribution in [0.4, 0.5) is 0 Å². The molecule has 0 aromatic rings. The lowest BCUT2D eigenvalue weighted by atomic mass is 9.82. The zero-order valence-corrected chi connectivity index (χ0v) is 14.8. The summed E-state index contributed by atoms with van der Waals surface area (Å²) in [5.74, 6) is -1.25. The summed E-state index contributed by atoms with van der Waals surface area (Å²) in [4.78, 5) is 24.3. The number of hydrogen-bond acceptors (Lipinski definition) is 5. The van der Waals surface area contributed by atoms with Gasteiger partial charge < -0.3 is 14.2 Å². The van der Waals surface area contributed by atoms with Crippen LogP contribution in [-0.4, -0.2) is 35.9 Å². The Balaban J connectivity index is 1.94. The molecule has 0 spiro atoms. The molecule has 0 unspecified atom stereocenters. The van der Waals surface area contributed by atoms with Crippen LogP contribution in [0.1, 0.15) is 47.0 Å². The van der Waals surface area contributed by atoms with E-state index < -0.39 is 18.2 Å². The molecule has 0 aromatic carbocycles. The van der Waals surface area contributed by atoms with Gasteiger partial charge in [0.1, 0.15) is 18.3 Å². The maximum absolute atomic E-state index is 12.2. The number of fused-ring (bicyclic) bond motifs is 3. The van der Waals surface area contributed by atoms with Crippen LogP contribution in [0, 0.1) is 11.8 Å². The summed E-state index contributed by atoms with van der Waals surface area (Å²) in [6.07, 6.45) is 3.50. The van der Waals surface area contributed by atoms with Crippen molar-refractivity contribution in [2.45, 2.75) is 70.9 Å². The number of carbonyl (C=O) groups is 2. The molecule has 24 heavy (non-hydrogen) atoms. The van der Waals surface area contributed by atoms with Crippen LogP contribution in [0.2, 0.25) is 0 Å². The second-order valence-electron chi connectivity index (χ2n) is 7.70. The average Bonchev–Trinajstić information content (AvgIpc) is 3.07. The molecule has 0 N–H and O–H groups in total. The Labute approximate surface area is 143 Å². The highest BCUT2D eigenvalue weighted by Crippen LogP contribution is 2.50. The second kappa shape index (κ2) is 6.03. The normalized spacial score (nSPS) is 41.0. The van der Waals surface area contributed by atoms with Gasteiger partial charge in [-0.3, -0.25) is 4.79 Å². The largest absolute Gasteiger partial charge is 0.461 e. The van der Waals surface area contributed by atoms with Crippen molar-refractivity contribution in [1.29, 1.82) is 0 Å². The molecule has 0 saturated carbocycles. The van der Waals surface area contributed by atoms with E-state index in [1.54, 1.807) is 13.8 Å². The minimum absolute atomic E-state index is 0.155. The van der Waals surface area contributed by atoms with Crippen LogP contribution in [0.3, 0.4) is 0 Å². The van der Waals surface area contributed by atoms with E-state index in [1.807, 2.05) is 13.8 Å². The summed E-state index contributed by atoms with van der Waals surface area (Å²) >= 11 is 0. The van der Waals surface area contributed by atoms with E-state index in [2.05, 4.69) is 12.7 Å². The molecule has 3 rings (SSSR count). The number of esters is 2. The van der Waals surface area contributed by atoms with Crippen LogP contribution in [-0.2, 0) is 23.8 Å². The van der Waals surface area contributed by atoms with Crippen LogP contribution < -0.4 is 0 Å². The van der Waals surface area contributed by atoms with E-state index in [4.69, 9.17) is 14.2 Å². The molecular formula is C19H26O5. The molecule has 5 nitrogen and oxygen atoms in total. The molecule has 5 atom stereocenters. The summed E-state index contributed by atoms with van der Waals surface area (Å²) in [7, 11) is 0. The van der Waals surface area contributed by atoms with Gasteiger partial charge in [-0.05, 0) is 26.7 Å². The van der Waals surface area contributed by atoms with Gasteiger partial charge >= 0.3 is 11.9 Å². The Bertz CT molecular complexity index is 605. The molecular weight excluding hydrogens is 308 g/mol. The first kappa shape index (κ1) is 17.2. The van der Waals surface area contributed by atoms with Gasteiger partial charge in [0.15, 0.2) is 0 Å². The third-order valence-electron chi connectivity index (χ3n) is 5.30. The van der Waals surface area contributed by atoms with Crippen LogP contribution in [0.25, 0.3) is 0 Å². The molecule has 2 fully saturated rings. The van der Waals surface area contributed by atoms with E-state index >= 15 is 0 Å². The summed E-state index contributed by atoms with van der Waals surface area (Å²) in [5, 5.41) is 0. The van der Waals surface area contributed by atoms with Crippen molar-refractivity contribution in [1.82, 2.24) is 0 Å². The zero-order chi connectivity index (χ0) is 17.6. The lowest BCUT2D eigenvalue weighted by molar-refractivity contribution is -0.156. The first-order valence-corrected chi connectivity index (χ1v) is 8.66. The summed E-state index contributed by atoms with van der Waals surface area (Å²) in [6, 6.07) is 0. The molecule has 2 heterocycles. The highest BCUT2D eigenvalue weighted by atomic mass is 16.6. The maximum Gasteiger partial charge on any atom is 0.334 e. The fourth-order valence-corrected chi connectivity index (χ4v) is 3.70. The van der Waals surface area contributed by atoms with Gasteiger partial charge in [-0.1, -0.05) is 32.1 Å². The molecule has 132 valence electrons. The summed E-state index contributed by atoms with van der Waals surface area (Å²) in [6.45, 7) is 11.6. The monoisotopic (exact) mass is 334 g/mol. The van der Waals surface area contributed by atoms with E-state index in [-0.39, 0.29) is 29.5 Å². The molecule has 0 aromatic heterocycles. The molecule has 0 amide bonds. The quantitative estimate of drug-likeness (QED) is 0.336. The van der Waals surface area contributed by atoms with E-state index in [1.165, 1.54) is 0 Å². The van der Waals surface area contributed by atoms with Gasteiger partial charge in [0.05, 0.1) is 17.4 Å². The summed E-state index contributed by atoms with van der Waals surface area (Å²) in [5.41, 5.74) is 1.24. The number of rotatable bonds is 2. The van der Waals surface area contributed by atoms with E-state index in [9.17, 15) is 9.59 Å². The number of carbonyl (C=O) groups excluding carboxylic acids is 2. The van der Waals surface area contributed by atoms with Crippen molar-refractivity contribution < 1.29 is 23.8 Å². The van der Waals surface area contributed by atoms with Crippen molar-refractivity contribution in [2.75, 3.05) is 0 Å². The highest BCUT2D eigenvalue weighted by molar-refractivity contribution is 5.91. The smallest absolute Gasteiger partial charge is 0.334 e. The van der Waals surface area contributed by atoms with Gasteiger partial charge in [0, 0.05) is 12.0 Å². The predicted octanol–water partition coefficient (Wildman–Crippen LogP) is 2.94. The van der Waals surface area contributed by atoms with Crippen LogP contribution in [0.5, 0.6) is 0 Å². The standard InChI is InChI=1S/C19H26O5/c1-10(2)17(20)22-13-9-11(3)7-6-8-19(5)16(24-19)15-14(13)12(4)18(21)23-15/h7,10,13-16H,4,6,8-9H2,1-3,5H3/b11-7+/t13-,14+,15-,16-,19+/m0/s1. The van der Waals surface area contributed by atoms with Crippen LogP contribution >= 0.6 is 0 Å². The fraction of sp³-hybridized carbons (Fsp3) is 0.684. The number of epoxide rings is 1. The number of hydrogen-bond donors (Lipinski definition) is 0. The Morgan fingerprint density at radius 2 is 2.17 bits per heavy atom. The first-order chi connectivity index (χ1) is 11.2. The topological polar surface area (TPSA) is 65.1 Å². The van der Waals surface area contributed by atoms with E-state index in [0.717, 1.165) is 18.4 Å². The molecule has 5 heteroatoms. The Kier molecular flexibility index (Phi) is 4.32. The van der Waals surface area contributed by atoms with Crippen molar-refractivity contribution in [2.24, 2.45) is 11.8 Å². The van der Waals surface area contributed by atoms with Crippen LogP contribution in [0.15, 0.2) is 23.8 Å². The SMILES string of the molecule is C=C1C(=O)O[C@H]2[C@H]1[C@@H](OC(=O)C(C)C)C/C(C)=C/CC[C@@]1(C)O[C@@H]21. The number of ether oxygens (including phenoxy) is 3. The maximum atomic E-state index is 12.2. The van der Waals surface area contributed by atoms with Gasteiger partial charge in [0.2, 0.25) is 0 Å². The van der Waals surface area contributed by atoms with Crippen molar-refractivity contribution in [3.63, 3.8) is 0 Å². The van der Waals surface area contributed by atoms with Gasteiger partial charge in [-0.25, -0.2) is 4.79 Å². The predicted molar refractivity (Wildman–Crippen MR) is 88.1 cm³/mol. The third-order valence-corrected chi connectivity index (χ3v) is 5.30. The van der Waals surface area contributed by atoms with Crippen molar-refractivity contribution >= 4 is 11.9 Å². The van der Waals surface area contributed by atoms with E-state index in [0.29, 0.717) is 12.0 Å². The molecule has 0 bridgehead atoms. The first-order valence-electron chi connectivity index (χ1n) is 8.66. The molecule has 2 saturated heterocycles. The lowest BCUT2D eigenvalue weighted by Crippen LogP contribution is -2.39. The average molecular weight is 334 g/mol. The van der Waals surface area contributed by atoms with Crippen molar-refractivity contribution in [3.05, 3.63) is 23.8 Å². The molecule has 3 aliphatic rings. The Morgan fingerprint density at radius 1 is 1.46 bits per heavy atom. The molecule has 0 radical (unpaired) electrons. The van der Waals surface area contributed by atoms with Crippen molar-refractivity contribution in [3.8, 4) is 0 Å². The third kappa shape index (κ3) is 3.02. The second-order valence-corrected chi connectivity index (χ2v) is 7.70. The number of allylic oxidation sites excluding steroid dienone is 1. The fourth-order valence-electron chi connectivity index (χ4n) is 3.70. The highest BCUT2D eigenvalue weighted by Gasteiger charge is 2.63. The molecule has 2 aliphatic heterocycles. The van der Waals surface area contributed by atoms with Gasteiger partial charge in [-0.15, -0.1) is 0 Å². The summed E-state index contributed by atoms with van der Waals surface area (Å²) < 4.78 is 17.2. The molecule has 1 aliphatic carbocycles. The Morgan fingerprint density at radius 3 is 2.83 bits per heavy atom.